The zero-order valence-corrected chi connectivity index (χ0v) is 16.0. The molecule has 0 spiro atoms. The lowest BCUT2D eigenvalue weighted by atomic mass is 10.2. The molecule has 0 saturated carbocycles. The quantitative estimate of drug-likeness (QED) is 0.582. The van der Waals surface area contributed by atoms with Gasteiger partial charge in [-0.1, -0.05) is 24.3 Å². The number of anilines is 1. The number of rotatable bonds is 6. The summed E-state index contributed by atoms with van der Waals surface area (Å²) in [6.07, 6.45) is 3.76. The molecule has 0 bridgehead atoms. The first-order valence-corrected chi connectivity index (χ1v) is 9.93. The zero-order chi connectivity index (χ0) is 18.5. The SMILES string of the molecule is COc1ccccc1NCN1C(=O)SC(=Cc2ccc(SC)cc2)C1=O. The highest BCUT2D eigenvalue weighted by Gasteiger charge is 2.34. The van der Waals surface area contributed by atoms with E-state index in [1.54, 1.807) is 24.9 Å². The van der Waals surface area contributed by atoms with Crippen molar-refractivity contribution in [3.05, 3.63) is 59.0 Å². The highest BCUT2D eigenvalue weighted by Crippen LogP contribution is 2.33. The summed E-state index contributed by atoms with van der Waals surface area (Å²) in [5.41, 5.74) is 1.62. The van der Waals surface area contributed by atoms with E-state index in [0.29, 0.717) is 10.7 Å². The van der Waals surface area contributed by atoms with Gasteiger partial charge in [0.05, 0.1) is 24.4 Å². The number of carbonyl (C=O) groups is 2. The molecule has 1 saturated heterocycles. The summed E-state index contributed by atoms with van der Waals surface area (Å²) in [5, 5.41) is 2.79. The Hall–Kier alpha value is -2.38. The van der Waals surface area contributed by atoms with E-state index in [4.69, 9.17) is 4.74 Å². The van der Waals surface area contributed by atoms with Gasteiger partial charge in [0.15, 0.2) is 0 Å². The third-order valence-electron chi connectivity index (χ3n) is 3.82. The Morgan fingerprint density at radius 1 is 1.15 bits per heavy atom. The van der Waals surface area contributed by atoms with Crippen LogP contribution in [-0.2, 0) is 4.79 Å². The van der Waals surface area contributed by atoms with Crippen molar-refractivity contribution in [1.29, 1.82) is 0 Å². The van der Waals surface area contributed by atoms with Gasteiger partial charge in [-0.3, -0.25) is 14.5 Å². The Balaban J connectivity index is 1.71. The number of hydrogen-bond acceptors (Lipinski definition) is 6. The lowest BCUT2D eigenvalue weighted by Gasteiger charge is -2.16. The third kappa shape index (κ3) is 4.05. The fourth-order valence-corrected chi connectivity index (χ4v) is 3.69. The molecule has 5 nitrogen and oxygen atoms in total. The molecule has 1 heterocycles. The number of imide groups is 1. The number of methoxy groups -OCH3 is 1. The normalized spacial score (nSPS) is 15.6. The topological polar surface area (TPSA) is 58.6 Å². The molecule has 2 aromatic rings. The first kappa shape index (κ1) is 18.4. The van der Waals surface area contributed by atoms with Crippen LogP contribution in [0.1, 0.15) is 5.56 Å². The second-order valence-electron chi connectivity index (χ2n) is 5.42. The van der Waals surface area contributed by atoms with Crippen molar-refractivity contribution in [2.45, 2.75) is 4.90 Å². The molecular formula is C19H18N2O3S2. The molecule has 0 atom stereocenters. The number of thioether (sulfide) groups is 2. The first-order valence-electron chi connectivity index (χ1n) is 7.88. The molecule has 7 heteroatoms. The molecule has 1 aliphatic rings. The van der Waals surface area contributed by atoms with E-state index in [1.165, 1.54) is 4.90 Å². The Labute approximate surface area is 160 Å². The smallest absolute Gasteiger partial charge is 0.295 e. The molecule has 0 radical (unpaired) electrons. The van der Waals surface area contributed by atoms with E-state index < -0.39 is 0 Å². The van der Waals surface area contributed by atoms with Gasteiger partial charge in [-0.05, 0) is 53.9 Å². The summed E-state index contributed by atoms with van der Waals surface area (Å²) in [7, 11) is 1.58. The highest BCUT2D eigenvalue weighted by atomic mass is 32.2. The van der Waals surface area contributed by atoms with Gasteiger partial charge in [0.2, 0.25) is 0 Å². The number of benzene rings is 2. The van der Waals surface area contributed by atoms with Gasteiger partial charge in [-0.2, -0.15) is 0 Å². The van der Waals surface area contributed by atoms with Crippen LogP contribution in [0.5, 0.6) is 5.75 Å². The van der Waals surface area contributed by atoms with E-state index in [-0.39, 0.29) is 17.8 Å². The van der Waals surface area contributed by atoms with Gasteiger partial charge in [-0.25, -0.2) is 0 Å². The predicted molar refractivity (Wildman–Crippen MR) is 108 cm³/mol. The molecule has 26 heavy (non-hydrogen) atoms. The molecular weight excluding hydrogens is 368 g/mol. The minimum atomic E-state index is -0.295. The summed E-state index contributed by atoms with van der Waals surface area (Å²) in [4.78, 5) is 27.5. The van der Waals surface area contributed by atoms with Gasteiger partial charge in [-0.15, -0.1) is 11.8 Å². The highest BCUT2D eigenvalue weighted by molar-refractivity contribution is 8.18. The number of amides is 2. The molecule has 3 rings (SSSR count). The Morgan fingerprint density at radius 2 is 1.88 bits per heavy atom. The van der Waals surface area contributed by atoms with Crippen LogP contribution in [0.4, 0.5) is 10.5 Å². The van der Waals surface area contributed by atoms with Crippen LogP contribution in [0.25, 0.3) is 6.08 Å². The Bertz CT molecular complexity index is 850. The summed E-state index contributed by atoms with van der Waals surface area (Å²) in [6.45, 7) is 0.0911. The predicted octanol–water partition coefficient (Wildman–Crippen LogP) is 4.52. The molecule has 1 N–H and O–H groups in total. The maximum Gasteiger partial charge on any atom is 0.295 e. The number of nitrogens with zero attached hydrogens (tertiary/aromatic N) is 1. The largest absolute Gasteiger partial charge is 0.495 e. The zero-order valence-electron chi connectivity index (χ0n) is 14.4. The van der Waals surface area contributed by atoms with Crippen molar-refractivity contribution in [2.75, 3.05) is 25.4 Å². The van der Waals surface area contributed by atoms with Crippen molar-refractivity contribution in [1.82, 2.24) is 4.90 Å². The van der Waals surface area contributed by atoms with Gasteiger partial charge in [0, 0.05) is 4.90 Å². The second-order valence-corrected chi connectivity index (χ2v) is 7.29. The Morgan fingerprint density at radius 3 is 2.58 bits per heavy atom. The summed E-state index contributed by atoms with van der Waals surface area (Å²) < 4.78 is 5.26. The minimum absolute atomic E-state index is 0.0911. The molecule has 134 valence electrons. The molecule has 1 fully saturated rings. The van der Waals surface area contributed by atoms with Crippen molar-refractivity contribution in [2.24, 2.45) is 0 Å². The third-order valence-corrected chi connectivity index (χ3v) is 5.47. The summed E-state index contributed by atoms with van der Waals surface area (Å²) >= 11 is 2.61. The summed E-state index contributed by atoms with van der Waals surface area (Å²) in [5.74, 6) is 0.361. The summed E-state index contributed by atoms with van der Waals surface area (Å²) in [6, 6.07) is 15.2. The van der Waals surface area contributed by atoms with Crippen LogP contribution in [0.2, 0.25) is 0 Å². The first-order chi connectivity index (χ1) is 12.6. The number of para-hydroxylation sites is 2. The van der Waals surface area contributed by atoms with Crippen molar-refractivity contribution in [3.8, 4) is 5.75 Å². The maximum absolute atomic E-state index is 12.6. The lowest BCUT2D eigenvalue weighted by Crippen LogP contribution is -2.33. The average Bonchev–Trinajstić information content (AvgIpc) is 2.94. The molecule has 1 aliphatic heterocycles. The second kappa shape index (κ2) is 8.33. The van der Waals surface area contributed by atoms with Crippen molar-refractivity contribution in [3.63, 3.8) is 0 Å². The van der Waals surface area contributed by atoms with E-state index >= 15 is 0 Å². The van der Waals surface area contributed by atoms with E-state index in [0.717, 1.165) is 27.9 Å². The van der Waals surface area contributed by atoms with E-state index in [9.17, 15) is 9.59 Å². The van der Waals surface area contributed by atoms with Gasteiger partial charge in [0.1, 0.15) is 5.75 Å². The van der Waals surface area contributed by atoms with E-state index in [2.05, 4.69) is 5.32 Å². The lowest BCUT2D eigenvalue weighted by molar-refractivity contribution is -0.122. The van der Waals surface area contributed by atoms with Crippen LogP contribution in [0.3, 0.4) is 0 Å². The van der Waals surface area contributed by atoms with Crippen molar-refractivity contribution >= 4 is 46.4 Å². The molecule has 0 aliphatic carbocycles. The molecule has 0 aromatic heterocycles. The van der Waals surface area contributed by atoms with Gasteiger partial charge in [0.25, 0.3) is 11.1 Å². The van der Waals surface area contributed by atoms with Crippen LogP contribution in [0, 0.1) is 0 Å². The van der Waals surface area contributed by atoms with E-state index in [1.807, 2.05) is 54.8 Å². The van der Waals surface area contributed by atoms with Gasteiger partial charge < -0.3 is 10.1 Å². The Kier molecular flexibility index (Phi) is 5.90. The minimum Gasteiger partial charge on any atom is -0.495 e. The number of hydrogen-bond donors (Lipinski definition) is 1. The number of nitrogens with one attached hydrogen (secondary N) is 1. The molecule has 0 unspecified atom stereocenters. The average molecular weight is 386 g/mol. The van der Waals surface area contributed by atoms with Crippen LogP contribution >= 0.6 is 23.5 Å². The molecule has 2 amide bonds. The molecule has 2 aromatic carbocycles. The number of carbonyl (C=O) groups excluding carboxylic acids is 2. The number of ether oxygens (including phenoxy) is 1. The standard InChI is InChI=1S/C19H18N2O3S2/c1-24-16-6-4-3-5-15(16)20-12-21-18(22)17(26-19(21)23)11-13-7-9-14(25-2)10-8-13/h3-11,20H,12H2,1-2H3. The van der Waals surface area contributed by atoms with Gasteiger partial charge >= 0.3 is 0 Å². The fraction of sp³-hybridized carbons (Fsp3) is 0.158. The fourth-order valence-electron chi connectivity index (χ4n) is 2.44. The van der Waals surface area contributed by atoms with Crippen LogP contribution in [-0.4, -0.2) is 36.1 Å². The van der Waals surface area contributed by atoms with Crippen LogP contribution in [0.15, 0.2) is 58.3 Å². The van der Waals surface area contributed by atoms with Crippen LogP contribution < -0.4 is 10.1 Å². The maximum atomic E-state index is 12.6. The van der Waals surface area contributed by atoms with Crippen molar-refractivity contribution < 1.29 is 14.3 Å². The monoisotopic (exact) mass is 386 g/mol.